The number of halogens is 3. The van der Waals surface area contributed by atoms with Crippen LogP contribution in [0.3, 0.4) is 0 Å². The van der Waals surface area contributed by atoms with Crippen LogP contribution in [0.4, 0.5) is 24.8 Å². The van der Waals surface area contributed by atoms with Gasteiger partial charge in [0, 0.05) is 23.0 Å². The summed E-state index contributed by atoms with van der Waals surface area (Å²) in [7, 11) is 0. The number of aryl methyl sites for hydroxylation is 1. The van der Waals surface area contributed by atoms with Gasteiger partial charge in [-0.1, -0.05) is 30.3 Å². The summed E-state index contributed by atoms with van der Waals surface area (Å²) in [5, 5.41) is 3.21. The molecule has 0 radical (unpaired) electrons. The van der Waals surface area contributed by atoms with Crippen molar-refractivity contribution in [3.05, 3.63) is 82.3 Å². The molecule has 3 heterocycles. The Morgan fingerprint density at radius 3 is 2.45 bits per heavy atom. The SMILES string of the molecule is Cc1cc(-c2ccccc2)c(C(C)Nc2ncnc(N)c2-c2cc(C(F)(F)F)[nH]c(=O)c2)[nH]1. The van der Waals surface area contributed by atoms with Crippen LogP contribution in [0.1, 0.15) is 30.0 Å². The van der Waals surface area contributed by atoms with Crippen molar-refractivity contribution in [3.8, 4) is 22.3 Å². The molecule has 0 fully saturated rings. The molecule has 5 N–H and O–H groups in total. The van der Waals surface area contributed by atoms with E-state index in [9.17, 15) is 18.0 Å². The van der Waals surface area contributed by atoms with Crippen LogP contribution in [0.15, 0.2) is 59.7 Å². The number of benzene rings is 1. The lowest BCUT2D eigenvalue weighted by Gasteiger charge is -2.19. The normalized spacial score (nSPS) is 12.5. The molecule has 4 aromatic rings. The highest BCUT2D eigenvalue weighted by atomic mass is 19.4. The van der Waals surface area contributed by atoms with Gasteiger partial charge in [0.2, 0.25) is 5.56 Å². The largest absolute Gasteiger partial charge is 0.431 e. The first-order chi connectivity index (χ1) is 15.6. The highest BCUT2D eigenvalue weighted by Gasteiger charge is 2.33. The predicted octanol–water partition coefficient (Wildman–Crippen LogP) is 4.91. The smallest absolute Gasteiger partial charge is 0.383 e. The zero-order valence-corrected chi connectivity index (χ0v) is 17.8. The molecule has 0 aliphatic rings. The first-order valence-electron chi connectivity index (χ1n) is 10.1. The molecule has 0 spiro atoms. The van der Waals surface area contributed by atoms with Gasteiger partial charge in [0.05, 0.1) is 11.6 Å². The van der Waals surface area contributed by atoms with Crippen LogP contribution >= 0.6 is 0 Å². The van der Waals surface area contributed by atoms with E-state index in [0.717, 1.165) is 34.6 Å². The quantitative estimate of drug-likeness (QED) is 0.342. The average molecular weight is 454 g/mol. The minimum Gasteiger partial charge on any atom is -0.383 e. The maximum absolute atomic E-state index is 13.3. The van der Waals surface area contributed by atoms with E-state index in [1.165, 1.54) is 6.33 Å². The number of anilines is 2. The van der Waals surface area contributed by atoms with Gasteiger partial charge in [-0.05, 0) is 37.1 Å². The van der Waals surface area contributed by atoms with Gasteiger partial charge in [-0.2, -0.15) is 13.2 Å². The van der Waals surface area contributed by atoms with Crippen molar-refractivity contribution in [2.24, 2.45) is 0 Å². The molecule has 0 aliphatic heterocycles. The summed E-state index contributed by atoms with van der Waals surface area (Å²) in [5.41, 5.74) is 7.80. The Bertz CT molecular complexity index is 1340. The fraction of sp³-hybridized carbons (Fsp3) is 0.174. The monoisotopic (exact) mass is 454 g/mol. The molecular formula is C23H21F3N6O. The molecule has 10 heteroatoms. The lowest BCUT2D eigenvalue weighted by atomic mass is 10.0. The summed E-state index contributed by atoms with van der Waals surface area (Å²) >= 11 is 0. The van der Waals surface area contributed by atoms with Crippen molar-refractivity contribution in [1.29, 1.82) is 0 Å². The highest BCUT2D eigenvalue weighted by Crippen LogP contribution is 2.36. The van der Waals surface area contributed by atoms with E-state index in [0.29, 0.717) is 0 Å². The minimum absolute atomic E-state index is 0.0372. The fourth-order valence-electron chi connectivity index (χ4n) is 3.72. The van der Waals surface area contributed by atoms with E-state index in [-0.39, 0.29) is 28.8 Å². The first-order valence-corrected chi connectivity index (χ1v) is 10.1. The summed E-state index contributed by atoms with van der Waals surface area (Å²) in [6, 6.07) is 13.3. The van der Waals surface area contributed by atoms with Crippen LogP contribution in [0.25, 0.3) is 22.3 Å². The second-order valence-electron chi connectivity index (χ2n) is 7.64. The third kappa shape index (κ3) is 4.59. The number of hydrogen-bond donors (Lipinski definition) is 4. The lowest BCUT2D eigenvalue weighted by molar-refractivity contribution is -0.141. The molecular weight excluding hydrogens is 433 g/mol. The van der Waals surface area contributed by atoms with Crippen molar-refractivity contribution >= 4 is 11.6 Å². The molecule has 0 aliphatic carbocycles. The number of nitrogens with two attached hydrogens (primary N) is 1. The molecule has 0 bridgehead atoms. The number of nitrogens with zero attached hydrogens (tertiary/aromatic N) is 2. The highest BCUT2D eigenvalue weighted by molar-refractivity contribution is 5.84. The van der Waals surface area contributed by atoms with E-state index in [1.807, 2.05) is 50.2 Å². The van der Waals surface area contributed by atoms with E-state index >= 15 is 0 Å². The van der Waals surface area contributed by atoms with E-state index in [1.54, 1.807) is 4.98 Å². The molecule has 1 atom stereocenters. The number of hydrogen-bond acceptors (Lipinski definition) is 5. The zero-order valence-electron chi connectivity index (χ0n) is 17.8. The molecule has 170 valence electrons. The number of nitrogens with one attached hydrogen (secondary N) is 3. The number of H-pyrrole nitrogens is 2. The number of aromatic nitrogens is 4. The van der Waals surface area contributed by atoms with Crippen molar-refractivity contribution in [2.45, 2.75) is 26.1 Å². The third-order valence-electron chi connectivity index (χ3n) is 5.17. The zero-order chi connectivity index (χ0) is 23.8. The topological polar surface area (TPSA) is 112 Å². The van der Waals surface area contributed by atoms with Gasteiger partial charge in [-0.25, -0.2) is 9.97 Å². The van der Waals surface area contributed by atoms with Gasteiger partial charge in [-0.3, -0.25) is 4.79 Å². The van der Waals surface area contributed by atoms with Gasteiger partial charge in [0.1, 0.15) is 23.7 Å². The Hall–Kier alpha value is -4.08. The molecule has 33 heavy (non-hydrogen) atoms. The number of nitrogen functional groups attached to an aromatic ring is 1. The van der Waals surface area contributed by atoms with Gasteiger partial charge in [0.15, 0.2) is 0 Å². The summed E-state index contributed by atoms with van der Waals surface area (Å²) < 4.78 is 39.8. The Balaban J connectivity index is 1.76. The van der Waals surface area contributed by atoms with Crippen LogP contribution in [0, 0.1) is 6.92 Å². The van der Waals surface area contributed by atoms with Crippen molar-refractivity contribution in [3.63, 3.8) is 0 Å². The summed E-state index contributed by atoms with van der Waals surface area (Å²) in [6.07, 6.45) is -3.52. The number of pyridine rings is 1. The Labute approximate surface area is 186 Å². The van der Waals surface area contributed by atoms with Crippen molar-refractivity contribution in [2.75, 3.05) is 11.1 Å². The van der Waals surface area contributed by atoms with E-state index in [4.69, 9.17) is 5.73 Å². The second-order valence-corrected chi connectivity index (χ2v) is 7.64. The first kappa shape index (κ1) is 22.1. The average Bonchev–Trinajstić information content (AvgIpc) is 3.15. The summed E-state index contributed by atoms with van der Waals surface area (Å²) in [4.78, 5) is 25.2. The summed E-state index contributed by atoms with van der Waals surface area (Å²) in [5.74, 6) is 0.157. The lowest BCUT2D eigenvalue weighted by Crippen LogP contribution is -2.17. The Morgan fingerprint density at radius 2 is 1.76 bits per heavy atom. The van der Waals surface area contributed by atoms with Crippen LogP contribution < -0.4 is 16.6 Å². The molecule has 1 aromatic carbocycles. The van der Waals surface area contributed by atoms with Gasteiger partial charge >= 0.3 is 6.18 Å². The van der Waals surface area contributed by atoms with Crippen LogP contribution in [-0.4, -0.2) is 19.9 Å². The molecule has 0 amide bonds. The second kappa shape index (κ2) is 8.45. The predicted molar refractivity (Wildman–Crippen MR) is 121 cm³/mol. The molecule has 1 unspecified atom stereocenters. The van der Waals surface area contributed by atoms with Crippen LogP contribution in [0.5, 0.6) is 0 Å². The van der Waals surface area contributed by atoms with E-state index < -0.39 is 17.4 Å². The standard InChI is InChI=1S/C23H21F3N6O/c1-12-8-16(14-6-4-3-5-7-14)20(30-12)13(2)31-22-19(21(27)28-11-29-22)15-9-17(23(24,25)26)32-18(33)10-15/h3-11,13,30H,1-2H3,(H,32,33)(H3,27,28,29,31). The fourth-order valence-corrected chi connectivity index (χ4v) is 3.72. The third-order valence-corrected chi connectivity index (χ3v) is 5.17. The molecule has 7 nitrogen and oxygen atoms in total. The summed E-state index contributed by atoms with van der Waals surface area (Å²) in [6.45, 7) is 3.82. The Morgan fingerprint density at radius 1 is 1.03 bits per heavy atom. The number of alkyl halides is 3. The molecule has 0 saturated heterocycles. The van der Waals surface area contributed by atoms with Gasteiger partial charge in [-0.15, -0.1) is 0 Å². The number of rotatable bonds is 5. The van der Waals surface area contributed by atoms with Gasteiger partial charge < -0.3 is 21.0 Å². The van der Waals surface area contributed by atoms with Crippen LogP contribution in [0.2, 0.25) is 0 Å². The maximum Gasteiger partial charge on any atom is 0.431 e. The van der Waals surface area contributed by atoms with Crippen LogP contribution in [-0.2, 0) is 6.18 Å². The maximum atomic E-state index is 13.3. The number of aromatic amines is 2. The molecule has 3 aromatic heterocycles. The molecule has 4 rings (SSSR count). The van der Waals surface area contributed by atoms with E-state index in [2.05, 4.69) is 20.3 Å². The van der Waals surface area contributed by atoms with Crippen molar-refractivity contribution < 1.29 is 13.2 Å². The molecule has 0 saturated carbocycles. The minimum atomic E-state index is -4.73. The Kier molecular flexibility index (Phi) is 5.67. The van der Waals surface area contributed by atoms with Gasteiger partial charge in [0.25, 0.3) is 0 Å². The van der Waals surface area contributed by atoms with Crippen molar-refractivity contribution in [1.82, 2.24) is 19.9 Å².